The molecule has 78 valence electrons. The van der Waals surface area contributed by atoms with Gasteiger partial charge in [0, 0.05) is 11.9 Å². The van der Waals surface area contributed by atoms with E-state index in [4.69, 9.17) is 0 Å². The average molecular weight is 211 g/mol. The lowest BCUT2D eigenvalue weighted by Gasteiger charge is -2.06. The van der Waals surface area contributed by atoms with Gasteiger partial charge >= 0.3 is 0 Å². The minimum Gasteiger partial charge on any atom is -0.389 e. The molecule has 1 aromatic rings. The number of aliphatic hydroxyl groups excluding tert-OH is 1. The van der Waals surface area contributed by atoms with Gasteiger partial charge in [0.05, 0.1) is 11.1 Å². The summed E-state index contributed by atoms with van der Waals surface area (Å²) >= 11 is 1.76. The number of aliphatic hydroxyl groups is 1. The summed E-state index contributed by atoms with van der Waals surface area (Å²) in [5.41, 5.74) is 0.874. The molecule has 1 N–H and O–H groups in total. The van der Waals surface area contributed by atoms with E-state index in [1.54, 1.807) is 24.9 Å². The van der Waals surface area contributed by atoms with Gasteiger partial charge in [0.15, 0.2) is 0 Å². The Balaban J connectivity index is 2.55. The van der Waals surface area contributed by atoms with Crippen molar-refractivity contribution in [1.82, 2.24) is 4.98 Å². The Morgan fingerprint density at radius 1 is 1.36 bits per heavy atom. The van der Waals surface area contributed by atoms with Crippen molar-refractivity contribution < 1.29 is 5.11 Å². The maximum atomic E-state index is 9.29. The van der Waals surface area contributed by atoms with Gasteiger partial charge in [-0.25, -0.2) is 4.98 Å². The van der Waals surface area contributed by atoms with Crippen LogP contribution >= 0.6 is 11.8 Å². The zero-order chi connectivity index (χ0) is 10.6. The maximum Gasteiger partial charge on any atom is 0.0960 e. The highest BCUT2D eigenvalue weighted by molar-refractivity contribution is 7.99. The molecule has 0 spiro atoms. The van der Waals surface area contributed by atoms with Crippen LogP contribution in [0.1, 0.15) is 32.4 Å². The van der Waals surface area contributed by atoms with E-state index in [1.165, 1.54) is 0 Å². The number of rotatable bonds is 4. The predicted octanol–water partition coefficient (Wildman–Crippen LogP) is 2.88. The standard InChI is InChI=1S/C11H17NOS/c1-8(2)7-14-11-5-4-10(6-12-11)9(3)13/h4-6,8-9,13H,7H2,1-3H3. The number of hydrogen-bond acceptors (Lipinski definition) is 3. The van der Waals surface area contributed by atoms with E-state index >= 15 is 0 Å². The van der Waals surface area contributed by atoms with E-state index in [9.17, 15) is 5.11 Å². The summed E-state index contributed by atoms with van der Waals surface area (Å²) in [6.45, 7) is 6.13. The molecule has 2 nitrogen and oxygen atoms in total. The molecular weight excluding hydrogens is 194 g/mol. The monoisotopic (exact) mass is 211 g/mol. The normalized spacial score (nSPS) is 13.2. The molecule has 1 rings (SSSR count). The summed E-state index contributed by atoms with van der Waals surface area (Å²) in [4.78, 5) is 4.27. The Kier molecular flexibility index (Phi) is 4.42. The largest absolute Gasteiger partial charge is 0.389 e. The van der Waals surface area contributed by atoms with Crippen LogP contribution in [0.5, 0.6) is 0 Å². The molecule has 1 aromatic heterocycles. The molecule has 0 aliphatic carbocycles. The third kappa shape index (κ3) is 3.68. The fraction of sp³-hybridized carbons (Fsp3) is 0.545. The molecule has 0 aliphatic rings. The van der Waals surface area contributed by atoms with Crippen molar-refractivity contribution in [3.8, 4) is 0 Å². The van der Waals surface area contributed by atoms with Gasteiger partial charge in [0.2, 0.25) is 0 Å². The minimum atomic E-state index is -0.424. The summed E-state index contributed by atoms with van der Waals surface area (Å²) in [6, 6.07) is 3.90. The van der Waals surface area contributed by atoms with Crippen LogP contribution < -0.4 is 0 Å². The summed E-state index contributed by atoms with van der Waals surface area (Å²) in [7, 11) is 0. The second kappa shape index (κ2) is 5.37. The quantitative estimate of drug-likeness (QED) is 0.777. The fourth-order valence-corrected chi connectivity index (χ4v) is 1.77. The molecule has 0 fully saturated rings. The van der Waals surface area contributed by atoms with E-state index in [0.29, 0.717) is 5.92 Å². The van der Waals surface area contributed by atoms with Gasteiger partial charge in [-0.15, -0.1) is 11.8 Å². The lowest BCUT2D eigenvalue weighted by atomic mass is 10.2. The van der Waals surface area contributed by atoms with E-state index in [0.717, 1.165) is 16.3 Å². The number of hydrogen-bond donors (Lipinski definition) is 1. The van der Waals surface area contributed by atoms with Crippen molar-refractivity contribution in [2.75, 3.05) is 5.75 Å². The van der Waals surface area contributed by atoms with E-state index in [-0.39, 0.29) is 0 Å². The van der Waals surface area contributed by atoms with E-state index in [2.05, 4.69) is 18.8 Å². The highest BCUT2D eigenvalue weighted by Crippen LogP contribution is 2.19. The van der Waals surface area contributed by atoms with Crippen molar-refractivity contribution in [3.05, 3.63) is 23.9 Å². The van der Waals surface area contributed by atoms with Crippen molar-refractivity contribution in [1.29, 1.82) is 0 Å². The first kappa shape index (κ1) is 11.5. The van der Waals surface area contributed by atoms with Gasteiger partial charge in [-0.1, -0.05) is 19.9 Å². The molecule has 1 heterocycles. The van der Waals surface area contributed by atoms with Gasteiger partial charge in [-0.05, 0) is 24.5 Å². The smallest absolute Gasteiger partial charge is 0.0960 e. The first-order valence-electron chi connectivity index (χ1n) is 4.86. The fourth-order valence-electron chi connectivity index (χ4n) is 0.976. The maximum absolute atomic E-state index is 9.29. The van der Waals surface area contributed by atoms with Crippen LogP contribution in [0.4, 0.5) is 0 Å². The van der Waals surface area contributed by atoms with Crippen LogP contribution in [-0.4, -0.2) is 15.8 Å². The topological polar surface area (TPSA) is 33.1 Å². The highest BCUT2D eigenvalue weighted by atomic mass is 32.2. The molecular formula is C11H17NOS. The van der Waals surface area contributed by atoms with Crippen LogP contribution in [-0.2, 0) is 0 Å². The zero-order valence-electron chi connectivity index (χ0n) is 8.90. The predicted molar refractivity (Wildman–Crippen MR) is 60.4 cm³/mol. The Morgan fingerprint density at radius 3 is 2.50 bits per heavy atom. The van der Waals surface area contributed by atoms with Crippen LogP contribution in [0.3, 0.4) is 0 Å². The van der Waals surface area contributed by atoms with Gasteiger partial charge in [0.25, 0.3) is 0 Å². The third-order valence-corrected chi connectivity index (χ3v) is 3.18. The molecule has 3 heteroatoms. The molecule has 14 heavy (non-hydrogen) atoms. The molecule has 0 aliphatic heterocycles. The summed E-state index contributed by atoms with van der Waals surface area (Å²) in [6.07, 6.45) is 1.32. The van der Waals surface area contributed by atoms with Crippen LogP contribution in [0.25, 0.3) is 0 Å². The van der Waals surface area contributed by atoms with Gasteiger partial charge in [0.1, 0.15) is 0 Å². The van der Waals surface area contributed by atoms with E-state index < -0.39 is 6.10 Å². The molecule has 1 unspecified atom stereocenters. The lowest BCUT2D eigenvalue weighted by Crippen LogP contribution is -1.94. The first-order valence-corrected chi connectivity index (χ1v) is 5.85. The van der Waals surface area contributed by atoms with Crippen LogP contribution in [0, 0.1) is 5.92 Å². The average Bonchev–Trinajstić information content (AvgIpc) is 2.15. The lowest BCUT2D eigenvalue weighted by molar-refractivity contribution is 0.198. The number of pyridine rings is 1. The Bertz CT molecular complexity index is 269. The number of thioether (sulfide) groups is 1. The van der Waals surface area contributed by atoms with Crippen LogP contribution in [0.2, 0.25) is 0 Å². The van der Waals surface area contributed by atoms with Crippen molar-refractivity contribution in [2.45, 2.75) is 31.9 Å². The summed E-state index contributed by atoms with van der Waals surface area (Å²) in [5.74, 6) is 1.76. The number of aromatic nitrogens is 1. The summed E-state index contributed by atoms with van der Waals surface area (Å²) < 4.78 is 0. The van der Waals surface area contributed by atoms with Gasteiger partial charge in [-0.2, -0.15) is 0 Å². The molecule has 0 amide bonds. The highest BCUT2D eigenvalue weighted by Gasteiger charge is 2.02. The minimum absolute atomic E-state index is 0.424. The van der Waals surface area contributed by atoms with Gasteiger partial charge < -0.3 is 5.11 Å². The first-order chi connectivity index (χ1) is 6.59. The Morgan fingerprint density at radius 2 is 2.07 bits per heavy atom. The zero-order valence-corrected chi connectivity index (χ0v) is 9.71. The molecule has 0 radical (unpaired) electrons. The molecule has 0 saturated heterocycles. The van der Waals surface area contributed by atoms with Crippen molar-refractivity contribution in [3.63, 3.8) is 0 Å². The summed E-state index contributed by atoms with van der Waals surface area (Å²) in [5, 5.41) is 10.3. The molecule has 0 aromatic carbocycles. The second-order valence-electron chi connectivity index (χ2n) is 3.81. The van der Waals surface area contributed by atoms with Crippen LogP contribution in [0.15, 0.2) is 23.4 Å². The molecule has 1 atom stereocenters. The Labute approximate surface area is 89.8 Å². The third-order valence-electron chi connectivity index (χ3n) is 1.81. The molecule has 0 bridgehead atoms. The second-order valence-corrected chi connectivity index (χ2v) is 4.85. The Hall–Kier alpha value is -0.540. The SMILES string of the molecule is CC(C)CSc1ccc(C(C)O)cn1. The number of nitrogens with zero attached hydrogens (tertiary/aromatic N) is 1. The van der Waals surface area contributed by atoms with Crippen molar-refractivity contribution >= 4 is 11.8 Å². The molecule has 0 saturated carbocycles. The van der Waals surface area contributed by atoms with E-state index in [1.807, 2.05) is 12.1 Å². The van der Waals surface area contributed by atoms with Gasteiger partial charge in [-0.3, -0.25) is 0 Å². The van der Waals surface area contributed by atoms with Crippen molar-refractivity contribution in [2.24, 2.45) is 5.92 Å².